The van der Waals surface area contributed by atoms with E-state index >= 15 is 0 Å². The monoisotopic (exact) mass is 294 g/mol. The van der Waals surface area contributed by atoms with E-state index in [1.165, 1.54) is 0 Å². The van der Waals surface area contributed by atoms with Gasteiger partial charge in [0, 0.05) is 13.1 Å². The second-order valence-electron chi connectivity index (χ2n) is 5.57. The number of amides is 1. The molecule has 0 unspecified atom stereocenters. The molecule has 3 heterocycles. The number of hydrogen-bond acceptors (Lipinski definition) is 4. The summed E-state index contributed by atoms with van der Waals surface area (Å²) < 4.78 is 0. The molecule has 0 aromatic carbocycles. The summed E-state index contributed by atoms with van der Waals surface area (Å²) in [5.41, 5.74) is 0.295. The van der Waals surface area contributed by atoms with E-state index < -0.39 is 5.54 Å². The van der Waals surface area contributed by atoms with Crippen LogP contribution in [0.4, 0.5) is 11.5 Å². The lowest BCUT2D eigenvalue weighted by molar-refractivity contribution is -0.123. The van der Waals surface area contributed by atoms with E-state index in [0.717, 1.165) is 37.2 Å². The van der Waals surface area contributed by atoms with Gasteiger partial charge in [-0.05, 0) is 37.3 Å². The number of carbonyl (C=O) groups is 1. The highest BCUT2D eigenvalue weighted by atomic mass is 35.5. The van der Waals surface area contributed by atoms with E-state index in [1.807, 2.05) is 0 Å². The van der Waals surface area contributed by atoms with Crippen molar-refractivity contribution in [1.82, 2.24) is 9.97 Å². The number of rotatable bonds is 2. The number of nitrogens with zero attached hydrogens (tertiary/aromatic N) is 4. The fourth-order valence-corrected chi connectivity index (χ4v) is 3.79. The van der Waals surface area contributed by atoms with Gasteiger partial charge in [0.05, 0.1) is 6.20 Å². The minimum Gasteiger partial charge on any atom is -0.337 e. The van der Waals surface area contributed by atoms with Crippen LogP contribution in [0.25, 0.3) is 0 Å². The smallest absolute Gasteiger partial charge is 0.252 e. The zero-order valence-corrected chi connectivity index (χ0v) is 12.8. The highest BCUT2D eigenvalue weighted by Gasteiger charge is 2.55. The van der Waals surface area contributed by atoms with Gasteiger partial charge in [-0.25, -0.2) is 4.98 Å². The quantitative estimate of drug-likeness (QED) is 0.787. The van der Waals surface area contributed by atoms with Crippen LogP contribution in [-0.2, 0) is 4.79 Å². The lowest BCUT2D eigenvalue weighted by atomic mass is 9.89. The molecule has 0 N–H and O–H groups in total. The van der Waals surface area contributed by atoms with Crippen molar-refractivity contribution in [2.45, 2.75) is 51.1 Å². The SMILES string of the molecule is CC[C@@H]1CC[C@@]2(CC)C(=O)N(C)c3cnc(Cl)nc3N12. The third kappa shape index (κ3) is 1.59. The first kappa shape index (κ1) is 13.6. The Morgan fingerprint density at radius 2 is 2.25 bits per heavy atom. The summed E-state index contributed by atoms with van der Waals surface area (Å²) in [4.78, 5) is 25.2. The first-order valence-corrected chi connectivity index (χ1v) is 7.53. The maximum atomic E-state index is 12.9. The normalized spacial score (nSPS) is 28.6. The zero-order valence-electron chi connectivity index (χ0n) is 12.1. The number of hydrogen-bond donors (Lipinski definition) is 0. The van der Waals surface area contributed by atoms with Crippen molar-refractivity contribution in [2.75, 3.05) is 16.8 Å². The molecule has 3 rings (SSSR count). The molecule has 1 aromatic rings. The molecule has 0 saturated carbocycles. The summed E-state index contributed by atoms with van der Waals surface area (Å²) >= 11 is 5.98. The molecule has 20 heavy (non-hydrogen) atoms. The average Bonchev–Trinajstić information content (AvgIpc) is 2.84. The molecule has 6 heteroatoms. The fourth-order valence-electron chi connectivity index (χ4n) is 3.66. The van der Waals surface area contributed by atoms with Gasteiger partial charge in [-0.1, -0.05) is 13.8 Å². The van der Waals surface area contributed by atoms with Crippen molar-refractivity contribution in [2.24, 2.45) is 0 Å². The standard InChI is InChI=1S/C14H19ClN4O/c1-4-9-6-7-14(5-2)12(20)18(3)10-8-16-13(15)17-11(10)19(9)14/h8-9H,4-7H2,1-3H3/t9-,14+/m1/s1. The highest BCUT2D eigenvalue weighted by molar-refractivity contribution is 6.28. The van der Waals surface area contributed by atoms with Gasteiger partial charge in [0.25, 0.3) is 5.91 Å². The Kier molecular flexibility index (Phi) is 3.12. The topological polar surface area (TPSA) is 49.3 Å². The van der Waals surface area contributed by atoms with E-state index in [4.69, 9.17) is 11.6 Å². The predicted molar refractivity (Wildman–Crippen MR) is 79.3 cm³/mol. The predicted octanol–water partition coefficient (Wildman–Crippen LogP) is 2.63. The Labute approximate surface area is 123 Å². The minimum absolute atomic E-state index is 0.148. The summed E-state index contributed by atoms with van der Waals surface area (Å²) in [5.74, 6) is 0.952. The van der Waals surface area contributed by atoms with Gasteiger partial charge >= 0.3 is 0 Å². The Hall–Kier alpha value is -1.36. The minimum atomic E-state index is -0.458. The Morgan fingerprint density at radius 3 is 2.90 bits per heavy atom. The van der Waals surface area contributed by atoms with Crippen LogP contribution in [-0.4, -0.2) is 34.5 Å². The lowest BCUT2D eigenvalue weighted by Crippen LogP contribution is -2.61. The third-order valence-electron chi connectivity index (χ3n) is 4.79. The van der Waals surface area contributed by atoms with Gasteiger partial charge in [-0.3, -0.25) is 4.79 Å². The van der Waals surface area contributed by atoms with Crippen molar-refractivity contribution < 1.29 is 4.79 Å². The maximum absolute atomic E-state index is 12.9. The van der Waals surface area contributed by atoms with Crippen LogP contribution < -0.4 is 9.80 Å². The molecule has 1 saturated heterocycles. The summed E-state index contributed by atoms with van der Waals surface area (Å²) in [7, 11) is 1.80. The average molecular weight is 295 g/mol. The number of halogens is 1. The van der Waals surface area contributed by atoms with Crippen LogP contribution in [0.2, 0.25) is 5.28 Å². The van der Waals surface area contributed by atoms with Crippen LogP contribution >= 0.6 is 11.6 Å². The van der Waals surface area contributed by atoms with Crippen LogP contribution in [0.15, 0.2) is 6.20 Å². The molecular weight excluding hydrogens is 276 g/mol. The van der Waals surface area contributed by atoms with E-state index in [9.17, 15) is 4.79 Å². The Balaban J connectivity index is 2.23. The largest absolute Gasteiger partial charge is 0.337 e. The van der Waals surface area contributed by atoms with E-state index in [1.54, 1.807) is 18.1 Å². The molecule has 2 aliphatic rings. The summed E-state index contributed by atoms with van der Waals surface area (Å²) in [5, 5.41) is 0.234. The second-order valence-corrected chi connectivity index (χ2v) is 5.91. The van der Waals surface area contributed by atoms with Crippen LogP contribution in [0.1, 0.15) is 39.5 Å². The van der Waals surface area contributed by atoms with Crippen molar-refractivity contribution in [3.63, 3.8) is 0 Å². The number of carbonyl (C=O) groups excluding carboxylic acids is 1. The second kappa shape index (κ2) is 4.58. The molecule has 1 fully saturated rings. The van der Waals surface area contributed by atoms with Gasteiger partial charge < -0.3 is 9.80 Å². The number of anilines is 2. The van der Waals surface area contributed by atoms with Gasteiger partial charge in [-0.15, -0.1) is 0 Å². The molecule has 2 aliphatic heterocycles. The molecule has 0 radical (unpaired) electrons. The lowest BCUT2D eigenvalue weighted by Gasteiger charge is -2.47. The van der Waals surface area contributed by atoms with Crippen LogP contribution in [0.3, 0.4) is 0 Å². The summed E-state index contributed by atoms with van der Waals surface area (Å²) in [6.07, 6.45) is 5.33. The Bertz CT molecular complexity index is 564. The van der Waals surface area contributed by atoms with Gasteiger partial charge in [0.15, 0.2) is 5.82 Å². The molecule has 1 aromatic heterocycles. The first-order chi connectivity index (χ1) is 9.55. The molecule has 5 nitrogen and oxygen atoms in total. The van der Waals surface area contributed by atoms with Gasteiger partial charge in [0.2, 0.25) is 5.28 Å². The number of fused-ring (bicyclic) bond motifs is 3. The zero-order chi connectivity index (χ0) is 14.5. The third-order valence-corrected chi connectivity index (χ3v) is 4.97. The van der Waals surface area contributed by atoms with Crippen molar-refractivity contribution in [1.29, 1.82) is 0 Å². The molecule has 2 atom stereocenters. The van der Waals surface area contributed by atoms with Crippen molar-refractivity contribution >= 4 is 29.0 Å². The number of aromatic nitrogens is 2. The fraction of sp³-hybridized carbons (Fsp3) is 0.643. The van der Waals surface area contributed by atoms with Crippen molar-refractivity contribution in [3.05, 3.63) is 11.5 Å². The maximum Gasteiger partial charge on any atom is 0.252 e. The van der Waals surface area contributed by atoms with E-state index in [0.29, 0.717) is 6.04 Å². The summed E-state index contributed by atoms with van der Waals surface area (Å²) in [6, 6.07) is 0.345. The van der Waals surface area contributed by atoms with Crippen LogP contribution in [0.5, 0.6) is 0 Å². The molecule has 0 spiro atoms. The molecule has 0 aliphatic carbocycles. The van der Waals surface area contributed by atoms with E-state index in [-0.39, 0.29) is 11.2 Å². The Morgan fingerprint density at radius 1 is 1.50 bits per heavy atom. The van der Waals surface area contributed by atoms with E-state index in [2.05, 4.69) is 28.7 Å². The molecule has 1 amide bonds. The van der Waals surface area contributed by atoms with Gasteiger partial charge in [-0.2, -0.15) is 4.98 Å². The molecule has 108 valence electrons. The van der Waals surface area contributed by atoms with Crippen LogP contribution in [0, 0.1) is 0 Å². The molecular formula is C14H19ClN4O. The number of likely N-dealkylation sites (N-methyl/N-ethyl adjacent to an activating group) is 1. The summed E-state index contributed by atoms with van der Waals surface area (Å²) in [6.45, 7) is 4.23. The highest BCUT2D eigenvalue weighted by Crippen LogP contribution is 2.48. The van der Waals surface area contributed by atoms with Gasteiger partial charge in [0.1, 0.15) is 11.2 Å². The first-order valence-electron chi connectivity index (χ1n) is 7.15. The molecule has 0 bridgehead atoms. The van der Waals surface area contributed by atoms with Crippen molar-refractivity contribution in [3.8, 4) is 0 Å².